The minimum absolute atomic E-state index is 0.0620. The highest BCUT2D eigenvalue weighted by Gasteiger charge is 2.23. The largest absolute Gasteiger partial charge is 0.480 e. The molecule has 0 saturated carbocycles. The third-order valence-corrected chi connectivity index (χ3v) is 5.44. The Hall–Kier alpha value is -3.15. The number of ether oxygens (including phenoxy) is 1. The van der Waals surface area contributed by atoms with Gasteiger partial charge in [0.2, 0.25) is 5.95 Å². The Morgan fingerprint density at radius 3 is 2.34 bits per heavy atom. The van der Waals surface area contributed by atoms with Gasteiger partial charge in [-0.15, -0.1) is 0 Å². The number of nitrogens with zero attached hydrogens (tertiary/aromatic N) is 3. The van der Waals surface area contributed by atoms with Gasteiger partial charge in [-0.3, -0.25) is 4.79 Å². The van der Waals surface area contributed by atoms with Gasteiger partial charge in [0.15, 0.2) is 6.10 Å². The zero-order valence-electron chi connectivity index (χ0n) is 16.7. The van der Waals surface area contributed by atoms with Gasteiger partial charge >= 0.3 is 0 Å². The normalized spacial score (nSPS) is 15.7. The summed E-state index contributed by atoms with van der Waals surface area (Å²) in [5, 5.41) is 1.98. The SMILES string of the molecule is CC(Oc1ccc(-c2cnc(N)nc2)c2ccccc12)C(=O)N1CCCCCC1. The number of hydrogen-bond donors (Lipinski definition) is 1. The molecule has 6 heteroatoms. The van der Waals surface area contributed by atoms with Gasteiger partial charge in [0, 0.05) is 36.4 Å². The lowest BCUT2D eigenvalue weighted by atomic mass is 9.99. The van der Waals surface area contributed by atoms with Crippen molar-refractivity contribution in [2.75, 3.05) is 18.8 Å². The van der Waals surface area contributed by atoms with Crippen LogP contribution >= 0.6 is 0 Å². The van der Waals surface area contributed by atoms with Crippen LogP contribution in [0, 0.1) is 0 Å². The highest BCUT2D eigenvalue weighted by molar-refractivity contribution is 6.00. The van der Waals surface area contributed by atoms with Crippen LogP contribution in [0.5, 0.6) is 5.75 Å². The first-order chi connectivity index (χ1) is 14.1. The predicted octanol–water partition coefficient (Wildman–Crippen LogP) is 4.05. The zero-order valence-corrected chi connectivity index (χ0v) is 16.7. The summed E-state index contributed by atoms with van der Waals surface area (Å²) in [7, 11) is 0. The third-order valence-electron chi connectivity index (χ3n) is 5.44. The van der Waals surface area contributed by atoms with E-state index in [1.54, 1.807) is 12.4 Å². The van der Waals surface area contributed by atoms with E-state index in [1.807, 2.05) is 48.2 Å². The number of rotatable bonds is 4. The first-order valence-corrected chi connectivity index (χ1v) is 10.2. The number of carbonyl (C=O) groups is 1. The highest BCUT2D eigenvalue weighted by atomic mass is 16.5. The summed E-state index contributed by atoms with van der Waals surface area (Å²) in [4.78, 5) is 23.0. The minimum Gasteiger partial charge on any atom is -0.480 e. The Balaban J connectivity index is 1.62. The second kappa shape index (κ2) is 8.47. The van der Waals surface area contributed by atoms with Crippen molar-refractivity contribution >= 4 is 22.6 Å². The highest BCUT2D eigenvalue weighted by Crippen LogP contribution is 2.34. The minimum atomic E-state index is -0.526. The van der Waals surface area contributed by atoms with Crippen molar-refractivity contribution in [2.24, 2.45) is 0 Å². The summed E-state index contributed by atoms with van der Waals surface area (Å²) in [6.45, 7) is 3.48. The second-order valence-corrected chi connectivity index (χ2v) is 7.49. The van der Waals surface area contributed by atoms with Crippen molar-refractivity contribution in [1.82, 2.24) is 14.9 Å². The fraction of sp³-hybridized carbons (Fsp3) is 0.348. The quantitative estimate of drug-likeness (QED) is 0.727. The molecule has 0 spiro atoms. The molecular formula is C23H26N4O2. The first kappa shape index (κ1) is 19.2. The number of benzene rings is 2. The van der Waals surface area contributed by atoms with E-state index in [4.69, 9.17) is 10.5 Å². The summed E-state index contributed by atoms with van der Waals surface area (Å²) in [6.07, 6.45) is 7.44. The molecule has 0 radical (unpaired) electrons. The number of aromatic nitrogens is 2. The maximum absolute atomic E-state index is 12.9. The maximum Gasteiger partial charge on any atom is 0.263 e. The molecule has 3 aromatic rings. The van der Waals surface area contributed by atoms with Gasteiger partial charge in [-0.2, -0.15) is 0 Å². The number of amides is 1. The van der Waals surface area contributed by atoms with Crippen LogP contribution < -0.4 is 10.5 Å². The van der Waals surface area contributed by atoms with Gasteiger partial charge < -0.3 is 15.4 Å². The molecule has 0 aliphatic carbocycles. The molecule has 2 aromatic carbocycles. The fourth-order valence-electron chi connectivity index (χ4n) is 3.89. The molecule has 1 aromatic heterocycles. The van der Waals surface area contributed by atoms with Gasteiger partial charge in [0.05, 0.1) is 0 Å². The van der Waals surface area contributed by atoms with Crippen LogP contribution in [0.15, 0.2) is 48.8 Å². The van der Waals surface area contributed by atoms with Crippen LogP contribution in [-0.4, -0.2) is 40.0 Å². The van der Waals surface area contributed by atoms with Gasteiger partial charge in [-0.25, -0.2) is 9.97 Å². The number of nitrogens with two attached hydrogens (primary N) is 1. The lowest BCUT2D eigenvalue weighted by Gasteiger charge is -2.25. The Morgan fingerprint density at radius 2 is 1.66 bits per heavy atom. The average molecular weight is 390 g/mol. The predicted molar refractivity (Wildman–Crippen MR) is 115 cm³/mol. The summed E-state index contributed by atoms with van der Waals surface area (Å²) in [6, 6.07) is 11.9. The van der Waals surface area contributed by atoms with Gasteiger partial charge in [0.25, 0.3) is 5.91 Å². The average Bonchev–Trinajstić information content (AvgIpc) is 3.04. The lowest BCUT2D eigenvalue weighted by Crippen LogP contribution is -2.41. The van der Waals surface area contributed by atoms with Crippen LogP contribution in [0.4, 0.5) is 5.95 Å². The summed E-state index contributed by atoms with van der Waals surface area (Å²) in [5.41, 5.74) is 7.50. The van der Waals surface area contributed by atoms with E-state index in [0.29, 0.717) is 5.75 Å². The van der Waals surface area contributed by atoms with Crippen molar-refractivity contribution in [3.63, 3.8) is 0 Å². The Kier molecular flexibility index (Phi) is 5.60. The van der Waals surface area contributed by atoms with Gasteiger partial charge in [-0.05, 0) is 42.8 Å². The van der Waals surface area contributed by atoms with Gasteiger partial charge in [-0.1, -0.05) is 37.1 Å². The molecule has 1 unspecified atom stereocenters. The lowest BCUT2D eigenvalue weighted by molar-refractivity contribution is -0.137. The zero-order chi connectivity index (χ0) is 20.2. The summed E-state index contributed by atoms with van der Waals surface area (Å²) >= 11 is 0. The maximum atomic E-state index is 12.9. The number of nitrogen functional groups attached to an aromatic ring is 1. The van der Waals surface area contributed by atoms with Crippen molar-refractivity contribution in [2.45, 2.75) is 38.7 Å². The molecule has 1 amide bonds. The number of carbonyl (C=O) groups excluding carboxylic acids is 1. The van der Waals surface area contributed by atoms with Crippen molar-refractivity contribution in [1.29, 1.82) is 0 Å². The molecule has 6 nitrogen and oxygen atoms in total. The summed E-state index contributed by atoms with van der Waals surface area (Å²) in [5.74, 6) is 1.02. The molecule has 1 aliphatic rings. The van der Waals surface area contributed by atoms with E-state index in [-0.39, 0.29) is 11.9 Å². The second-order valence-electron chi connectivity index (χ2n) is 7.49. The van der Waals surface area contributed by atoms with Crippen molar-refractivity contribution in [3.8, 4) is 16.9 Å². The van der Waals surface area contributed by atoms with Crippen molar-refractivity contribution in [3.05, 3.63) is 48.8 Å². The Labute approximate surface area is 170 Å². The molecule has 2 heterocycles. The molecule has 29 heavy (non-hydrogen) atoms. The molecule has 1 atom stereocenters. The van der Waals surface area contributed by atoms with Crippen molar-refractivity contribution < 1.29 is 9.53 Å². The standard InChI is InChI=1S/C23H26N4O2/c1-16(22(28)27-12-6-2-3-7-13-27)29-21-11-10-18(17-14-25-23(24)26-15-17)19-8-4-5-9-20(19)21/h4-5,8-11,14-16H,2-3,6-7,12-13H2,1H3,(H2,24,25,26). The third kappa shape index (κ3) is 4.16. The van der Waals surface area contributed by atoms with E-state index >= 15 is 0 Å². The summed E-state index contributed by atoms with van der Waals surface area (Å²) < 4.78 is 6.15. The van der Waals surface area contributed by atoms with E-state index < -0.39 is 6.10 Å². The van der Waals surface area contributed by atoms with E-state index in [0.717, 1.165) is 47.8 Å². The Bertz CT molecular complexity index is 995. The fourth-order valence-corrected chi connectivity index (χ4v) is 3.89. The molecule has 0 bridgehead atoms. The Morgan fingerprint density at radius 1 is 1.00 bits per heavy atom. The molecule has 1 saturated heterocycles. The molecule has 1 fully saturated rings. The molecule has 2 N–H and O–H groups in total. The van der Waals surface area contributed by atoms with Crippen LogP contribution in [-0.2, 0) is 4.79 Å². The van der Waals surface area contributed by atoms with E-state index in [9.17, 15) is 4.79 Å². The molecule has 1 aliphatic heterocycles. The number of anilines is 1. The van der Waals surface area contributed by atoms with Crippen LogP contribution in [0.3, 0.4) is 0 Å². The van der Waals surface area contributed by atoms with Crippen LogP contribution in [0.2, 0.25) is 0 Å². The molecule has 4 rings (SSSR count). The van der Waals surface area contributed by atoms with Gasteiger partial charge in [0.1, 0.15) is 5.75 Å². The monoisotopic (exact) mass is 390 g/mol. The number of fused-ring (bicyclic) bond motifs is 1. The van der Waals surface area contributed by atoms with Crippen LogP contribution in [0.25, 0.3) is 21.9 Å². The number of likely N-dealkylation sites (tertiary alicyclic amines) is 1. The molecular weight excluding hydrogens is 364 g/mol. The topological polar surface area (TPSA) is 81.3 Å². The molecule has 150 valence electrons. The van der Waals surface area contributed by atoms with E-state index in [1.165, 1.54) is 12.8 Å². The van der Waals surface area contributed by atoms with E-state index in [2.05, 4.69) is 9.97 Å². The smallest absolute Gasteiger partial charge is 0.263 e. The van der Waals surface area contributed by atoms with Crippen LogP contribution in [0.1, 0.15) is 32.6 Å². The number of hydrogen-bond acceptors (Lipinski definition) is 5. The first-order valence-electron chi connectivity index (χ1n) is 10.2.